The molecule has 13 nitrogen and oxygen atoms in total. The number of carbonyl (C=O) groups excluding carboxylic acids is 1. The van der Waals surface area contributed by atoms with Gasteiger partial charge in [0.1, 0.15) is 11.5 Å². The van der Waals surface area contributed by atoms with Gasteiger partial charge >= 0.3 is 5.97 Å². The van der Waals surface area contributed by atoms with E-state index in [4.69, 9.17) is 23.4 Å². The third-order valence-corrected chi connectivity index (χ3v) is 5.09. The van der Waals surface area contributed by atoms with Gasteiger partial charge in [-0.2, -0.15) is 20.1 Å². The third-order valence-electron chi connectivity index (χ3n) is 5.09. The van der Waals surface area contributed by atoms with Gasteiger partial charge in [0.2, 0.25) is 23.6 Å². The van der Waals surface area contributed by atoms with Gasteiger partial charge in [0.25, 0.3) is 0 Å². The van der Waals surface area contributed by atoms with E-state index >= 15 is 0 Å². The summed E-state index contributed by atoms with van der Waals surface area (Å²) in [6, 6.07) is 14.2. The molecule has 39 heavy (non-hydrogen) atoms. The first-order valence-corrected chi connectivity index (χ1v) is 11.6. The summed E-state index contributed by atoms with van der Waals surface area (Å²) >= 11 is 0. The molecule has 0 aliphatic carbocycles. The Kier molecular flexibility index (Phi) is 8.75. The van der Waals surface area contributed by atoms with Crippen molar-refractivity contribution in [3.05, 3.63) is 66.1 Å². The normalized spacial score (nSPS) is 10.7. The van der Waals surface area contributed by atoms with E-state index in [0.29, 0.717) is 35.3 Å². The maximum atomic E-state index is 11.5. The van der Waals surface area contributed by atoms with Gasteiger partial charge in [0.15, 0.2) is 11.5 Å². The Bertz CT molecular complexity index is 1400. The van der Waals surface area contributed by atoms with Crippen LogP contribution in [0.2, 0.25) is 0 Å². The lowest BCUT2D eigenvalue weighted by molar-refractivity contribution is -0.132. The fraction of sp³-hybridized carbons (Fsp3) is 0.192. The maximum absolute atomic E-state index is 11.5. The minimum atomic E-state index is -0.500. The van der Waals surface area contributed by atoms with Crippen LogP contribution in [0.15, 0.2) is 64.3 Å². The largest absolute Gasteiger partial charge is 0.497 e. The molecule has 2 aromatic carbocycles. The van der Waals surface area contributed by atoms with Crippen LogP contribution < -0.4 is 35.0 Å². The molecule has 202 valence electrons. The van der Waals surface area contributed by atoms with E-state index in [9.17, 15) is 4.79 Å². The highest BCUT2D eigenvalue weighted by Crippen LogP contribution is 2.38. The summed E-state index contributed by atoms with van der Waals surface area (Å²) in [5.74, 6) is 2.48. The van der Waals surface area contributed by atoms with Crippen LogP contribution in [0.25, 0.3) is 0 Å². The topological polar surface area (TPSA) is 154 Å². The molecule has 0 atom stereocenters. The number of carbonyl (C=O) groups is 1. The van der Waals surface area contributed by atoms with Gasteiger partial charge < -0.3 is 34.0 Å². The van der Waals surface area contributed by atoms with Crippen molar-refractivity contribution in [3.8, 4) is 23.0 Å². The Morgan fingerprint density at radius 3 is 2.26 bits per heavy atom. The van der Waals surface area contributed by atoms with Crippen molar-refractivity contribution in [3.63, 3.8) is 0 Å². The van der Waals surface area contributed by atoms with E-state index < -0.39 is 5.97 Å². The molecule has 0 spiro atoms. The van der Waals surface area contributed by atoms with Crippen LogP contribution in [-0.4, -0.2) is 48.5 Å². The zero-order valence-electron chi connectivity index (χ0n) is 21.7. The average molecular weight is 534 g/mol. The zero-order valence-corrected chi connectivity index (χ0v) is 21.7. The Labute approximate surface area is 224 Å². The van der Waals surface area contributed by atoms with Gasteiger partial charge in [-0.15, -0.1) is 0 Å². The maximum Gasteiger partial charge on any atom is 0.308 e. The lowest BCUT2D eigenvalue weighted by Gasteiger charge is -2.13. The van der Waals surface area contributed by atoms with Crippen LogP contribution in [-0.2, 0) is 11.3 Å². The van der Waals surface area contributed by atoms with Gasteiger partial charge in [-0.05, 0) is 48.5 Å². The lowest BCUT2D eigenvalue weighted by Crippen LogP contribution is -2.09. The van der Waals surface area contributed by atoms with Crippen LogP contribution in [0.3, 0.4) is 0 Å². The molecule has 3 N–H and O–H groups in total. The summed E-state index contributed by atoms with van der Waals surface area (Å²) in [6.45, 7) is 1.67. The highest BCUT2D eigenvalue weighted by molar-refractivity contribution is 5.83. The van der Waals surface area contributed by atoms with E-state index in [1.54, 1.807) is 31.6 Å². The van der Waals surface area contributed by atoms with Crippen LogP contribution in [0.5, 0.6) is 23.0 Å². The number of nitrogens with one attached hydrogen (secondary N) is 3. The van der Waals surface area contributed by atoms with E-state index in [2.05, 4.69) is 36.1 Å². The first-order chi connectivity index (χ1) is 19.0. The van der Waals surface area contributed by atoms with Crippen molar-refractivity contribution in [2.45, 2.75) is 13.5 Å². The molecule has 0 amide bonds. The molecule has 2 aromatic heterocycles. The molecule has 4 rings (SSSR count). The second-order valence-electron chi connectivity index (χ2n) is 7.81. The number of furan rings is 1. The summed E-state index contributed by atoms with van der Waals surface area (Å²) in [5, 5.41) is 10.5. The first-order valence-electron chi connectivity index (χ1n) is 11.6. The predicted octanol–water partition coefficient (Wildman–Crippen LogP) is 4.22. The van der Waals surface area contributed by atoms with E-state index in [0.717, 1.165) is 11.4 Å². The van der Waals surface area contributed by atoms with Crippen LogP contribution >= 0.6 is 0 Å². The number of hydrazone groups is 1. The molecule has 0 fully saturated rings. The number of nitrogens with zero attached hydrogens (tertiary/aromatic N) is 4. The second-order valence-corrected chi connectivity index (χ2v) is 7.81. The van der Waals surface area contributed by atoms with Crippen molar-refractivity contribution in [2.75, 3.05) is 37.4 Å². The molecule has 0 aliphatic heterocycles. The van der Waals surface area contributed by atoms with Gasteiger partial charge in [0, 0.05) is 18.2 Å². The summed E-state index contributed by atoms with van der Waals surface area (Å²) in [4.78, 5) is 24.7. The molecule has 0 bridgehead atoms. The van der Waals surface area contributed by atoms with E-state index in [-0.39, 0.29) is 17.6 Å². The molecule has 4 aromatic rings. The second kappa shape index (κ2) is 12.8. The molecular weight excluding hydrogens is 506 g/mol. The SMILES string of the molecule is COc1ccc(Nc2nc(NCc3ccco3)nc(N/N=C\c3cc(OC)c(OC(C)=O)c(OC)c3)n2)cc1. The molecular formula is C26H27N7O6. The summed E-state index contributed by atoms with van der Waals surface area (Å²) < 4.78 is 26.5. The van der Waals surface area contributed by atoms with Crippen molar-refractivity contribution in [2.24, 2.45) is 5.10 Å². The van der Waals surface area contributed by atoms with Crippen molar-refractivity contribution >= 4 is 35.7 Å². The van der Waals surface area contributed by atoms with E-state index in [1.807, 2.05) is 30.3 Å². The third kappa shape index (κ3) is 7.35. The number of hydrogen-bond acceptors (Lipinski definition) is 13. The highest BCUT2D eigenvalue weighted by atomic mass is 16.6. The molecule has 0 saturated heterocycles. The number of hydrogen-bond donors (Lipinski definition) is 3. The fourth-order valence-corrected chi connectivity index (χ4v) is 3.33. The Hall–Kier alpha value is -5.33. The lowest BCUT2D eigenvalue weighted by atomic mass is 10.2. The molecule has 2 heterocycles. The predicted molar refractivity (Wildman–Crippen MR) is 144 cm³/mol. The highest BCUT2D eigenvalue weighted by Gasteiger charge is 2.16. The summed E-state index contributed by atoms with van der Waals surface area (Å²) in [6.07, 6.45) is 3.10. The average Bonchev–Trinajstić information content (AvgIpc) is 3.46. The monoisotopic (exact) mass is 533 g/mol. The minimum Gasteiger partial charge on any atom is -0.497 e. The van der Waals surface area contributed by atoms with Gasteiger partial charge in [-0.25, -0.2) is 5.43 Å². The van der Waals surface area contributed by atoms with Crippen molar-refractivity contribution in [1.82, 2.24) is 15.0 Å². The van der Waals surface area contributed by atoms with Crippen molar-refractivity contribution in [1.29, 1.82) is 0 Å². The number of ether oxygens (including phenoxy) is 4. The zero-order chi connectivity index (χ0) is 27.6. The smallest absolute Gasteiger partial charge is 0.308 e. The van der Waals surface area contributed by atoms with Gasteiger partial charge in [-0.1, -0.05) is 0 Å². The Morgan fingerprint density at radius 2 is 1.64 bits per heavy atom. The number of rotatable bonds is 12. The fourth-order valence-electron chi connectivity index (χ4n) is 3.33. The minimum absolute atomic E-state index is 0.176. The number of anilines is 4. The summed E-state index contributed by atoms with van der Waals surface area (Å²) in [5.41, 5.74) is 4.17. The molecule has 13 heteroatoms. The standard InChI is InChI=1S/C26H27N7O6/c1-16(34)39-23-21(36-3)12-17(13-22(23)37-4)14-28-33-26-31-24(27-15-20-6-5-11-38-20)30-25(32-26)29-18-7-9-19(35-2)10-8-18/h5-14H,15H2,1-4H3,(H3,27,29,30,31,32,33)/b28-14-. The van der Waals surface area contributed by atoms with Gasteiger partial charge in [0.05, 0.1) is 40.4 Å². The van der Waals surface area contributed by atoms with Crippen LogP contribution in [0, 0.1) is 0 Å². The quantitative estimate of drug-likeness (QED) is 0.103. The summed E-state index contributed by atoms with van der Waals surface area (Å²) in [7, 11) is 4.52. The van der Waals surface area contributed by atoms with Crippen molar-refractivity contribution < 1.29 is 28.2 Å². The molecule has 0 saturated carbocycles. The molecule has 0 aliphatic rings. The Morgan fingerprint density at radius 1 is 0.949 bits per heavy atom. The van der Waals surface area contributed by atoms with Gasteiger partial charge in [-0.3, -0.25) is 4.79 Å². The molecule has 0 unspecified atom stereocenters. The number of esters is 1. The molecule has 0 radical (unpaired) electrons. The number of methoxy groups -OCH3 is 3. The first kappa shape index (κ1) is 26.7. The van der Waals surface area contributed by atoms with E-state index in [1.165, 1.54) is 27.4 Å². The van der Waals surface area contributed by atoms with Crippen LogP contribution in [0.1, 0.15) is 18.2 Å². The van der Waals surface area contributed by atoms with Crippen LogP contribution in [0.4, 0.5) is 23.5 Å². The Balaban J connectivity index is 1.55. The number of benzene rings is 2. The number of aromatic nitrogens is 3.